The number of hydrogen-bond acceptors (Lipinski definition) is 3. The normalized spacial score (nSPS) is 19.6. The molecule has 0 saturated heterocycles. The molecule has 1 aliphatic rings. The van der Waals surface area contributed by atoms with Gasteiger partial charge < -0.3 is 4.90 Å². The van der Waals surface area contributed by atoms with Gasteiger partial charge in [-0.25, -0.2) is 5.43 Å². The van der Waals surface area contributed by atoms with Gasteiger partial charge in [0.2, 0.25) is 5.91 Å². The van der Waals surface area contributed by atoms with Crippen LogP contribution < -0.4 is 10.3 Å². The van der Waals surface area contributed by atoms with Crippen LogP contribution >= 0.6 is 0 Å². The van der Waals surface area contributed by atoms with Gasteiger partial charge in [0, 0.05) is 25.7 Å². The van der Waals surface area contributed by atoms with E-state index in [-0.39, 0.29) is 11.8 Å². The van der Waals surface area contributed by atoms with Gasteiger partial charge in [0.25, 0.3) is 0 Å². The van der Waals surface area contributed by atoms with Crippen molar-refractivity contribution in [2.24, 2.45) is 11.0 Å². The third-order valence-electron chi connectivity index (χ3n) is 4.15. The van der Waals surface area contributed by atoms with Crippen LogP contribution in [-0.4, -0.2) is 26.2 Å². The van der Waals surface area contributed by atoms with E-state index in [9.17, 15) is 4.79 Å². The summed E-state index contributed by atoms with van der Waals surface area (Å²) < 4.78 is 0. The Hall–Kier alpha value is -2.62. The Bertz CT molecular complexity index is 692. The molecule has 23 heavy (non-hydrogen) atoms. The van der Waals surface area contributed by atoms with Gasteiger partial charge in [-0.05, 0) is 35.6 Å². The van der Waals surface area contributed by atoms with Crippen LogP contribution in [0.25, 0.3) is 0 Å². The highest BCUT2D eigenvalue weighted by molar-refractivity contribution is 5.85. The third-order valence-corrected chi connectivity index (χ3v) is 4.15. The number of hydrogen-bond donors (Lipinski definition) is 1. The van der Waals surface area contributed by atoms with Crippen molar-refractivity contribution < 1.29 is 4.79 Å². The van der Waals surface area contributed by atoms with Crippen molar-refractivity contribution in [2.45, 2.75) is 12.3 Å². The molecule has 2 atom stereocenters. The lowest BCUT2D eigenvalue weighted by Crippen LogP contribution is -2.20. The van der Waals surface area contributed by atoms with Crippen LogP contribution in [0.2, 0.25) is 0 Å². The SMILES string of the molecule is CN(C)c1ccc(/C=N\NC(=O)[C@H]2C[C@H]2c2ccccc2)cc1. The molecule has 2 aromatic rings. The zero-order valence-electron chi connectivity index (χ0n) is 13.4. The van der Waals surface area contributed by atoms with Crippen molar-refractivity contribution in [3.05, 3.63) is 65.7 Å². The number of nitrogens with one attached hydrogen (secondary N) is 1. The van der Waals surface area contributed by atoms with Crippen LogP contribution in [0.3, 0.4) is 0 Å². The first kappa shape index (κ1) is 15.3. The Kier molecular flexibility index (Phi) is 4.42. The molecule has 0 aliphatic heterocycles. The number of anilines is 1. The van der Waals surface area contributed by atoms with Gasteiger partial charge >= 0.3 is 0 Å². The summed E-state index contributed by atoms with van der Waals surface area (Å²) in [5.74, 6) is 0.386. The molecule has 0 heterocycles. The minimum absolute atomic E-state index is 0.0000136. The monoisotopic (exact) mass is 307 g/mol. The molecule has 0 radical (unpaired) electrons. The molecule has 1 amide bonds. The molecule has 3 rings (SSSR count). The van der Waals surface area contributed by atoms with Crippen molar-refractivity contribution in [3.63, 3.8) is 0 Å². The summed E-state index contributed by atoms with van der Waals surface area (Å²) in [6, 6.07) is 18.2. The number of hydrazone groups is 1. The number of amides is 1. The molecule has 0 unspecified atom stereocenters. The minimum atomic E-state index is 0.0000136. The van der Waals surface area contributed by atoms with Crippen LogP contribution in [0.1, 0.15) is 23.5 Å². The number of carbonyl (C=O) groups excluding carboxylic acids is 1. The Balaban J connectivity index is 1.51. The van der Waals surface area contributed by atoms with Gasteiger partial charge in [-0.3, -0.25) is 4.79 Å². The summed E-state index contributed by atoms with van der Waals surface area (Å²) in [4.78, 5) is 14.1. The fraction of sp³-hybridized carbons (Fsp3) is 0.263. The van der Waals surface area contributed by atoms with Crippen LogP contribution in [0.4, 0.5) is 5.69 Å². The van der Waals surface area contributed by atoms with E-state index < -0.39 is 0 Å². The lowest BCUT2D eigenvalue weighted by Gasteiger charge is -2.11. The van der Waals surface area contributed by atoms with E-state index >= 15 is 0 Å². The highest BCUT2D eigenvalue weighted by Gasteiger charge is 2.43. The topological polar surface area (TPSA) is 44.7 Å². The molecule has 0 aromatic heterocycles. The van der Waals surface area contributed by atoms with Crippen molar-refractivity contribution >= 4 is 17.8 Å². The van der Waals surface area contributed by atoms with E-state index in [0.29, 0.717) is 5.92 Å². The van der Waals surface area contributed by atoms with E-state index in [1.54, 1.807) is 6.21 Å². The Morgan fingerprint density at radius 3 is 2.48 bits per heavy atom. The van der Waals surface area contributed by atoms with Crippen molar-refractivity contribution in [3.8, 4) is 0 Å². The molecular formula is C19H21N3O. The van der Waals surface area contributed by atoms with Crippen LogP contribution in [0.5, 0.6) is 0 Å². The zero-order valence-corrected chi connectivity index (χ0v) is 13.4. The third kappa shape index (κ3) is 3.77. The van der Waals surface area contributed by atoms with Crippen molar-refractivity contribution in [2.75, 3.05) is 19.0 Å². The van der Waals surface area contributed by atoms with Gasteiger partial charge in [-0.15, -0.1) is 0 Å². The predicted molar refractivity (Wildman–Crippen MR) is 93.8 cm³/mol. The van der Waals surface area contributed by atoms with Gasteiger partial charge in [0.1, 0.15) is 0 Å². The summed E-state index contributed by atoms with van der Waals surface area (Å²) >= 11 is 0. The quantitative estimate of drug-likeness (QED) is 0.682. The maximum absolute atomic E-state index is 12.1. The van der Waals surface area contributed by atoms with Gasteiger partial charge in [0.15, 0.2) is 0 Å². The number of carbonyl (C=O) groups is 1. The maximum atomic E-state index is 12.1. The second kappa shape index (κ2) is 6.65. The predicted octanol–water partition coefficient (Wildman–Crippen LogP) is 3.01. The number of nitrogens with zero attached hydrogens (tertiary/aromatic N) is 2. The van der Waals surface area contributed by atoms with Crippen molar-refractivity contribution in [1.29, 1.82) is 0 Å². The number of rotatable bonds is 5. The Labute approximate surface area is 136 Å². The fourth-order valence-electron chi connectivity index (χ4n) is 2.67. The summed E-state index contributed by atoms with van der Waals surface area (Å²) in [6.07, 6.45) is 2.58. The smallest absolute Gasteiger partial charge is 0.243 e. The Morgan fingerprint density at radius 1 is 1.13 bits per heavy atom. The molecule has 0 bridgehead atoms. The van der Waals surface area contributed by atoms with Crippen LogP contribution in [-0.2, 0) is 4.79 Å². The molecule has 1 aliphatic carbocycles. The van der Waals surface area contributed by atoms with Gasteiger partial charge in [-0.2, -0.15) is 5.10 Å². The molecule has 118 valence electrons. The second-order valence-electron chi connectivity index (χ2n) is 6.08. The van der Waals surface area contributed by atoms with Gasteiger partial charge in [0.05, 0.1) is 6.21 Å². The summed E-state index contributed by atoms with van der Waals surface area (Å²) in [7, 11) is 4.00. The summed E-state index contributed by atoms with van der Waals surface area (Å²) in [6.45, 7) is 0. The molecule has 4 nitrogen and oxygen atoms in total. The minimum Gasteiger partial charge on any atom is -0.378 e. The van der Waals surface area contributed by atoms with E-state index in [0.717, 1.165) is 17.7 Å². The fourth-order valence-corrected chi connectivity index (χ4v) is 2.67. The van der Waals surface area contributed by atoms with E-state index in [1.165, 1.54) is 5.56 Å². The van der Waals surface area contributed by atoms with Crippen LogP contribution in [0.15, 0.2) is 59.7 Å². The zero-order chi connectivity index (χ0) is 16.2. The summed E-state index contributed by atoms with van der Waals surface area (Å²) in [5, 5.41) is 4.07. The molecule has 4 heteroatoms. The lowest BCUT2D eigenvalue weighted by molar-refractivity contribution is -0.122. The average Bonchev–Trinajstić information content (AvgIpc) is 3.37. The first-order valence-corrected chi connectivity index (χ1v) is 7.80. The largest absolute Gasteiger partial charge is 0.378 e. The second-order valence-corrected chi connectivity index (χ2v) is 6.08. The first-order valence-electron chi connectivity index (χ1n) is 7.80. The summed E-state index contributed by atoms with van der Waals surface area (Å²) in [5.41, 5.74) is 5.98. The highest BCUT2D eigenvalue weighted by Crippen LogP contribution is 2.47. The van der Waals surface area contributed by atoms with E-state index in [2.05, 4.69) is 22.7 Å². The van der Waals surface area contributed by atoms with Gasteiger partial charge in [-0.1, -0.05) is 42.5 Å². The van der Waals surface area contributed by atoms with E-state index in [1.807, 2.05) is 61.5 Å². The van der Waals surface area contributed by atoms with Crippen LogP contribution in [0, 0.1) is 5.92 Å². The standard InChI is InChI=1S/C19H21N3O/c1-22(2)16-10-8-14(9-11-16)13-20-21-19(23)18-12-17(18)15-6-4-3-5-7-15/h3-11,13,17-18H,12H2,1-2H3,(H,21,23)/b20-13-/t17-,18-/m0/s1. The average molecular weight is 307 g/mol. The Morgan fingerprint density at radius 2 is 1.83 bits per heavy atom. The molecule has 1 N–H and O–H groups in total. The number of benzene rings is 2. The molecule has 0 spiro atoms. The highest BCUT2D eigenvalue weighted by atomic mass is 16.2. The first-order chi connectivity index (χ1) is 11.1. The maximum Gasteiger partial charge on any atom is 0.243 e. The van der Waals surface area contributed by atoms with Crippen molar-refractivity contribution in [1.82, 2.24) is 5.43 Å². The molecule has 1 saturated carbocycles. The lowest BCUT2D eigenvalue weighted by atomic mass is 10.1. The molecule has 2 aromatic carbocycles. The molecular weight excluding hydrogens is 286 g/mol. The van der Waals surface area contributed by atoms with E-state index in [4.69, 9.17) is 0 Å². The molecule has 1 fully saturated rings.